The maximum Gasteiger partial charge on any atom is 0.337 e. The zero-order valence-electron chi connectivity index (χ0n) is 19.5. The molecule has 10 heteroatoms. The van der Waals surface area contributed by atoms with Gasteiger partial charge in [-0.25, -0.2) is 13.2 Å². The van der Waals surface area contributed by atoms with Crippen molar-refractivity contribution < 1.29 is 23.1 Å². The van der Waals surface area contributed by atoms with E-state index in [0.717, 1.165) is 18.8 Å². The Balaban J connectivity index is 1.86. The van der Waals surface area contributed by atoms with Crippen LogP contribution in [0.25, 0.3) is 0 Å². The number of amides is 1. The molecule has 0 radical (unpaired) electrons. The van der Waals surface area contributed by atoms with E-state index in [1.807, 2.05) is 26.0 Å². The molecule has 0 unspecified atom stereocenters. The standard InChI is InChI=1S/C25H26BrN3O5S/c1-4-29(5-2)20-11-9-19(10-12-20)28-35(33,34)23-14-17(7-6-16(23)3)24(30)27-22-13-8-18(26)15-21(22)25(31)32/h6-15,28H,4-5H2,1-3H3,(H,27,30)(H,31,32). The summed E-state index contributed by atoms with van der Waals surface area (Å²) in [5.74, 6) is -1.83. The third-order valence-electron chi connectivity index (χ3n) is 5.45. The van der Waals surface area contributed by atoms with Gasteiger partial charge in [-0.15, -0.1) is 0 Å². The number of halogens is 1. The third-order valence-corrected chi connectivity index (χ3v) is 7.46. The summed E-state index contributed by atoms with van der Waals surface area (Å²) in [6.45, 7) is 7.40. The lowest BCUT2D eigenvalue weighted by Crippen LogP contribution is -2.21. The van der Waals surface area contributed by atoms with Crippen LogP contribution in [0.15, 0.2) is 70.0 Å². The molecule has 35 heavy (non-hydrogen) atoms. The minimum atomic E-state index is -3.99. The lowest BCUT2D eigenvalue weighted by Gasteiger charge is -2.21. The van der Waals surface area contributed by atoms with Crippen LogP contribution in [0.2, 0.25) is 0 Å². The van der Waals surface area contributed by atoms with Gasteiger partial charge in [0.05, 0.1) is 16.1 Å². The van der Waals surface area contributed by atoms with E-state index in [4.69, 9.17) is 0 Å². The Morgan fingerprint density at radius 2 is 1.63 bits per heavy atom. The zero-order chi connectivity index (χ0) is 25.8. The Bertz CT molecular complexity index is 1350. The Morgan fingerprint density at radius 1 is 0.971 bits per heavy atom. The number of anilines is 3. The van der Waals surface area contributed by atoms with Crippen molar-refractivity contribution >= 4 is 54.9 Å². The van der Waals surface area contributed by atoms with E-state index in [1.165, 1.54) is 30.3 Å². The smallest absolute Gasteiger partial charge is 0.337 e. The van der Waals surface area contributed by atoms with Crippen LogP contribution >= 0.6 is 15.9 Å². The second kappa shape index (κ2) is 10.9. The molecule has 8 nitrogen and oxygen atoms in total. The fourth-order valence-electron chi connectivity index (χ4n) is 3.57. The number of aryl methyl sites for hydroxylation is 1. The van der Waals surface area contributed by atoms with Crippen LogP contribution in [0.4, 0.5) is 17.1 Å². The highest BCUT2D eigenvalue weighted by Crippen LogP contribution is 2.25. The van der Waals surface area contributed by atoms with Crippen molar-refractivity contribution in [2.45, 2.75) is 25.7 Å². The van der Waals surface area contributed by atoms with Gasteiger partial charge in [-0.2, -0.15) is 0 Å². The van der Waals surface area contributed by atoms with Crippen molar-refractivity contribution in [3.05, 3.63) is 81.8 Å². The summed E-state index contributed by atoms with van der Waals surface area (Å²) in [4.78, 5) is 26.5. The summed E-state index contributed by atoms with van der Waals surface area (Å²) in [6.07, 6.45) is 0. The quantitative estimate of drug-likeness (QED) is 0.325. The molecule has 3 rings (SSSR count). The number of nitrogens with one attached hydrogen (secondary N) is 2. The van der Waals surface area contributed by atoms with E-state index in [-0.39, 0.29) is 21.7 Å². The number of aromatic carboxylic acids is 1. The molecular formula is C25H26BrN3O5S. The van der Waals surface area contributed by atoms with Crippen LogP contribution in [-0.4, -0.2) is 38.5 Å². The van der Waals surface area contributed by atoms with Gasteiger partial charge in [0.25, 0.3) is 15.9 Å². The topological polar surface area (TPSA) is 116 Å². The highest BCUT2D eigenvalue weighted by atomic mass is 79.9. The van der Waals surface area contributed by atoms with E-state index in [2.05, 4.69) is 30.9 Å². The molecule has 0 saturated carbocycles. The molecule has 0 saturated heterocycles. The summed E-state index contributed by atoms with van der Waals surface area (Å²) in [6, 6.07) is 15.8. The van der Waals surface area contributed by atoms with Gasteiger partial charge in [0.2, 0.25) is 0 Å². The Labute approximate surface area is 213 Å². The number of carboxylic acids is 1. The number of hydrogen-bond acceptors (Lipinski definition) is 5. The molecule has 0 aliphatic heterocycles. The molecular weight excluding hydrogens is 534 g/mol. The highest BCUT2D eigenvalue weighted by molar-refractivity contribution is 9.10. The van der Waals surface area contributed by atoms with E-state index >= 15 is 0 Å². The maximum absolute atomic E-state index is 13.1. The average Bonchev–Trinajstić information content (AvgIpc) is 2.81. The molecule has 0 fully saturated rings. The van der Waals surface area contributed by atoms with Crippen LogP contribution < -0.4 is 14.9 Å². The zero-order valence-corrected chi connectivity index (χ0v) is 21.9. The van der Waals surface area contributed by atoms with Gasteiger partial charge in [0.1, 0.15) is 0 Å². The van der Waals surface area contributed by atoms with Crippen molar-refractivity contribution in [3.63, 3.8) is 0 Å². The Kier molecular flexibility index (Phi) is 8.18. The SMILES string of the molecule is CCN(CC)c1ccc(NS(=O)(=O)c2cc(C(=O)Nc3ccc(Br)cc3C(=O)O)ccc2C)cc1. The number of carbonyl (C=O) groups is 2. The molecule has 184 valence electrons. The molecule has 0 spiro atoms. The van der Waals surface area contributed by atoms with Crippen LogP contribution in [-0.2, 0) is 10.0 Å². The number of sulfonamides is 1. The van der Waals surface area contributed by atoms with Crippen LogP contribution in [0.1, 0.15) is 40.1 Å². The number of benzene rings is 3. The van der Waals surface area contributed by atoms with Gasteiger partial charge < -0.3 is 15.3 Å². The normalized spacial score (nSPS) is 11.1. The second-order valence-corrected chi connectivity index (χ2v) is 10.3. The second-order valence-electron chi connectivity index (χ2n) is 7.75. The van der Waals surface area contributed by atoms with Crippen molar-refractivity contribution in [2.24, 2.45) is 0 Å². The first kappa shape index (κ1) is 26.2. The molecule has 0 atom stereocenters. The van der Waals surface area contributed by atoms with E-state index in [0.29, 0.717) is 15.7 Å². The maximum atomic E-state index is 13.1. The minimum absolute atomic E-state index is 0.0489. The van der Waals surface area contributed by atoms with E-state index in [1.54, 1.807) is 25.1 Å². The number of rotatable bonds is 9. The first-order chi connectivity index (χ1) is 16.6. The Hall–Kier alpha value is -3.37. The minimum Gasteiger partial charge on any atom is -0.478 e. The molecule has 0 aromatic heterocycles. The first-order valence-electron chi connectivity index (χ1n) is 10.9. The fraction of sp³-hybridized carbons (Fsp3) is 0.200. The summed E-state index contributed by atoms with van der Waals surface area (Å²) in [5, 5.41) is 12.0. The molecule has 3 aromatic rings. The molecule has 3 aromatic carbocycles. The molecule has 0 heterocycles. The van der Waals surface area contributed by atoms with Gasteiger partial charge >= 0.3 is 5.97 Å². The van der Waals surface area contributed by atoms with Gasteiger partial charge in [-0.05, 0) is 80.9 Å². The average molecular weight is 560 g/mol. The first-order valence-corrected chi connectivity index (χ1v) is 13.2. The molecule has 0 aliphatic rings. The van der Waals surface area contributed by atoms with Crippen LogP contribution in [0.5, 0.6) is 0 Å². The van der Waals surface area contributed by atoms with Gasteiger partial charge in [-0.3, -0.25) is 9.52 Å². The highest BCUT2D eigenvalue weighted by Gasteiger charge is 2.21. The predicted octanol–water partition coefficient (Wildman–Crippen LogP) is 5.36. The largest absolute Gasteiger partial charge is 0.478 e. The van der Waals surface area contributed by atoms with Gasteiger partial charge in [-0.1, -0.05) is 22.0 Å². The molecule has 0 bridgehead atoms. The van der Waals surface area contributed by atoms with E-state index < -0.39 is 21.9 Å². The van der Waals surface area contributed by atoms with Crippen molar-refractivity contribution in [3.8, 4) is 0 Å². The van der Waals surface area contributed by atoms with E-state index in [9.17, 15) is 23.1 Å². The van der Waals surface area contributed by atoms with Gasteiger partial charge in [0.15, 0.2) is 0 Å². The summed E-state index contributed by atoms with van der Waals surface area (Å²) in [5.41, 5.74) is 1.93. The monoisotopic (exact) mass is 559 g/mol. The predicted molar refractivity (Wildman–Crippen MR) is 141 cm³/mol. The van der Waals surface area contributed by atoms with Gasteiger partial charge in [0, 0.05) is 34.5 Å². The molecule has 1 amide bonds. The lowest BCUT2D eigenvalue weighted by molar-refractivity contribution is 0.0698. The van der Waals surface area contributed by atoms with Crippen LogP contribution in [0.3, 0.4) is 0 Å². The van der Waals surface area contributed by atoms with Crippen molar-refractivity contribution in [1.29, 1.82) is 0 Å². The summed E-state index contributed by atoms with van der Waals surface area (Å²) >= 11 is 3.21. The van der Waals surface area contributed by atoms with Crippen LogP contribution in [0, 0.1) is 6.92 Å². The number of carbonyl (C=O) groups excluding carboxylic acids is 1. The third kappa shape index (κ3) is 6.20. The number of carboxylic acid groups (broad SMARTS) is 1. The van der Waals surface area contributed by atoms with Crippen molar-refractivity contribution in [2.75, 3.05) is 28.0 Å². The number of nitrogens with zero attached hydrogens (tertiary/aromatic N) is 1. The molecule has 0 aliphatic carbocycles. The van der Waals surface area contributed by atoms with Crippen molar-refractivity contribution in [1.82, 2.24) is 0 Å². The fourth-order valence-corrected chi connectivity index (χ4v) is 5.26. The number of hydrogen-bond donors (Lipinski definition) is 3. The Morgan fingerprint density at radius 3 is 2.23 bits per heavy atom. The molecule has 3 N–H and O–H groups in total. The summed E-state index contributed by atoms with van der Waals surface area (Å²) in [7, 11) is -3.99. The lowest BCUT2D eigenvalue weighted by atomic mass is 10.1. The summed E-state index contributed by atoms with van der Waals surface area (Å²) < 4.78 is 29.4.